The highest BCUT2D eigenvalue weighted by atomic mass is 16.5. The quantitative estimate of drug-likeness (QED) is 0.517. The first-order valence-electron chi connectivity index (χ1n) is 6.09. The molecule has 1 saturated heterocycles. The molecule has 7 heteroatoms. The minimum Gasteiger partial charge on any atom is -0.480 e. The van der Waals surface area contributed by atoms with Gasteiger partial charge in [-0.25, -0.2) is 9.59 Å². The molecular formula is C11H20N2O5. The van der Waals surface area contributed by atoms with Crippen LogP contribution in [-0.4, -0.2) is 54.6 Å². The second kappa shape index (κ2) is 7.88. The van der Waals surface area contributed by atoms with Crippen molar-refractivity contribution in [3.8, 4) is 0 Å². The highest BCUT2D eigenvalue weighted by Gasteiger charge is 2.20. The van der Waals surface area contributed by atoms with Crippen molar-refractivity contribution in [2.24, 2.45) is 5.92 Å². The lowest BCUT2D eigenvalue weighted by atomic mass is 10.0. The zero-order valence-corrected chi connectivity index (χ0v) is 10.2. The van der Waals surface area contributed by atoms with Crippen molar-refractivity contribution in [3.05, 3.63) is 0 Å². The third kappa shape index (κ3) is 5.33. The molecule has 0 aromatic heterocycles. The molecule has 0 aliphatic carbocycles. The van der Waals surface area contributed by atoms with Crippen LogP contribution in [0.1, 0.15) is 19.3 Å². The summed E-state index contributed by atoms with van der Waals surface area (Å²) in [5.41, 5.74) is 0. The van der Waals surface area contributed by atoms with Crippen molar-refractivity contribution in [1.82, 2.24) is 10.6 Å². The molecule has 1 heterocycles. The van der Waals surface area contributed by atoms with Gasteiger partial charge in [-0.15, -0.1) is 0 Å². The second-order valence-electron chi connectivity index (χ2n) is 4.31. The van der Waals surface area contributed by atoms with E-state index in [0.717, 1.165) is 12.8 Å². The van der Waals surface area contributed by atoms with Gasteiger partial charge in [-0.3, -0.25) is 0 Å². The van der Waals surface area contributed by atoms with E-state index in [2.05, 4.69) is 10.6 Å². The van der Waals surface area contributed by atoms with Gasteiger partial charge in [-0.05, 0) is 18.8 Å². The fraction of sp³-hybridized carbons (Fsp3) is 0.818. The smallest absolute Gasteiger partial charge is 0.326 e. The number of carboxylic acid groups (broad SMARTS) is 1. The highest BCUT2D eigenvalue weighted by molar-refractivity contribution is 5.82. The van der Waals surface area contributed by atoms with Gasteiger partial charge < -0.3 is 25.6 Å². The van der Waals surface area contributed by atoms with E-state index in [1.807, 2.05) is 0 Å². The summed E-state index contributed by atoms with van der Waals surface area (Å²) >= 11 is 0. The Labute approximate surface area is 106 Å². The average Bonchev–Trinajstić information content (AvgIpc) is 2.37. The van der Waals surface area contributed by atoms with Gasteiger partial charge in [0.2, 0.25) is 0 Å². The molecule has 1 aliphatic rings. The number of hydrogen-bond donors (Lipinski definition) is 4. The summed E-state index contributed by atoms with van der Waals surface area (Å²) in [4.78, 5) is 22.2. The Balaban J connectivity index is 2.24. The zero-order chi connectivity index (χ0) is 13.4. The maximum absolute atomic E-state index is 11.5. The molecule has 7 nitrogen and oxygen atoms in total. The summed E-state index contributed by atoms with van der Waals surface area (Å²) in [6.07, 6.45) is 1.80. The topological polar surface area (TPSA) is 108 Å². The number of aliphatic hydroxyl groups excluding tert-OH is 1. The minimum atomic E-state index is -1.15. The molecule has 2 amide bonds. The first-order valence-corrected chi connectivity index (χ1v) is 6.09. The molecule has 0 bridgehead atoms. The number of nitrogens with one attached hydrogen (secondary N) is 2. The van der Waals surface area contributed by atoms with E-state index in [0.29, 0.717) is 25.7 Å². The second-order valence-corrected chi connectivity index (χ2v) is 4.31. The van der Waals surface area contributed by atoms with Gasteiger partial charge in [-0.2, -0.15) is 0 Å². The Bertz CT molecular complexity index is 279. The van der Waals surface area contributed by atoms with Gasteiger partial charge >= 0.3 is 12.0 Å². The van der Waals surface area contributed by atoms with Crippen LogP contribution in [-0.2, 0) is 9.53 Å². The van der Waals surface area contributed by atoms with Crippen molar-refractivity contribution >= 4 is 12.0 Å². The molecule has 0 unspecified atom stereocenters. The fourth-order valence-electron chi connectivity index (χ4n) is 1.78. The molecule has 1 fully saturated rings. The maximum Gasteiger partial charge on any atom is 0.326 e. The number of carboxylic acids is 1. The highest BCUT2D eigenvalue weighted by Crippen LogP contribution is 2.12. The Kier molecular flexibility index (Phi) is 6.45. The molecule has 0 saturated carbocycles. The fourth-order valence-corrected chi connectivity index (χ4v) is 1.78. The number of carbonyl (C=O) groups excluding carboxylic acids is 1. The van der Waals surface area contributed by atoms with Gasteiger partial charge in [0.1, 0.15) is 6.04 Å². The van der Waals surface area contributed by atoms with E-state index < -0.39 is 18.0 Å². The molecular weight excluding hydrogens is 240 g/mol. The van der Waals surface area contributed by atoms with Crippen LogP contribution in [0, 0.1) is 5.92 Å². The molecule has 18 heavy (non-hydrogen) atoms. The lowest BCUT2D eigenvalue weighted by Crippen LogP contribution is -2.47. The maximum atomic E-state index is 11.5. The monoisotopic (exact) mass is 260 g/mol. The number of carbonyl (C=O) groups is 2. The number of urea groups is 1. The lowest BCUT2D eigenvalue weighted by Gasteiger charge is -2.22. The lowest BCUT2D eigenvalue weighted by molar-refractivity contribution is -0.139. The van der Waals surface area contributed by atoms with Crippen molar-refractivity contribution in [2.75, 3.05) is 26.4 Å². The predicted octanol–water partition coefficient (Wildman–Crippen LogP) is -0.452. The van der Waals surface area contributed by atoms with E-state index in [9.17, 15) is 9.59 Å². The number of hydrogen-bond acceptors (Lipinski definition) is 4. The van der Waals surface area contributed by atoms with Gasteiger partial charge in [0.25, 0.3) is 0 Å². The predicted molar refractivity (Wildman–Crippen MR) is 63.2 cm³/mol. The van der Waals surface area contributed by atoms with E-state index in [1.165, 1.54) is 0 Å². The SMILES string of the molecule is O=C(NCC1CCOCC1)N[C@H](CCO)C(=O)O. The van der Waals surface area contributed by atoms with Gasteiger partial charge in [0, 0.05) is 32.8 Å². The van der Waals surface area contributed by atoms with Gasteiger partial charge in [0.15, 0.2) is 0 Å². The van der Waals surface area contributed by atoms with E-state index >= 15 is 0 Å². The number of rotatable bonds is 6. The molecule has 0 aromatic carbocycles. The van der Waals surface area contributed by atoms with E-state index in [-0.39, 0.29) is 13.0 Å². The first kappa shape index (κ1) is 14.7. The summed E-state index contributed by atoms with van der Waals surface area (Å²) in [5, 5.41) is 22.4. The summed E-state index contributed by atoms with van der Waals surface area (Å²) in [6.45, 7) is 1.64. The standard InChI is InChI=1S/C11H20N2O5/c14-4-1-9(10(15)16)13-11(17)12-7-8-2-5-18-6-3-8/h8-9,14H,1-7H2,(H,15,16)(H2,12,13,17)/t9-/m1/s1. The van der Waals surface area contributed by atoms with Crippen LogP contribution in [0.25, 0.3) is 0 Å². The van der Waals surface area contributed by atoms with E-state index in [4.69, 9.17) is 14.9 Å². The Morgan fingerprint density at radius 1 is 1.33 bits per heavy atom. The molecule has 0 radical (unpaired) electrons. The number of aliphatic carboxylic acids is 1. The zero-order valence-electron chi connectivity index (χ0n) is 10.2. The summed E-state index contributed by atoms with van der Waals surface area (Å²) in [7, 11) is 0. The van der Waals surface area contributed by atoms with Crippen molar-refractivity contribution < 1.29 is 24.5 Å². The third-order valence-electron chi connectivity index (χ3n) is 2.91. The average molecular weight is 260 g/mol. The van der Waals surface area contributed by atoms with Gasteiger partial charge in [0.05, 0.1) is 0 Å². The largest absolute Gasteiger partial charge is 0.480 e. The van der Waals surface area contributed by atoms with Crippen LogP contribution in [0.2, 0.25) is 0 Å². The molecule has 0 spiro atoms. The van der Waals surface area contributed by atoms with Crippen LogP contribution in [0.4, 0.5) is 4.79 Å². The molecule has 1 rings (SSSR count). The van der Waals surface area contributed by atoms with Gasteiger partial charge in [-0.1, -0.05) is 0 Å². The summed E-state index contributed by atoms with van der Waals surface area (Å²) < 4.78 is 5.20. The van der Waals surface area contributed by atoms with Crippen LogP contribution in [0.15, 0.2) is 0 Å². The molecule has 1 aliphatic heterocycles. The normalized spacial score (nSPS) is 18.1. The van der Waals surface area contributed by atoms with Crippen LogP contribution >= 0.6 is 0 Å². The Morgan fingerprint density at radius 2 is 2.00 bits per heavy atom. The number of amides is 2. The molecule has 1 atom stereocenters. The Morgan fingerprint density at radius 3 is 2.56 bits per heavy atom. The Hall–Kier alpha value is -1.34. The van der Waals surface area contributed by atoms with Crippen molar-refractivity contribution in [1.29, 1.82) is 0 Å². The number of aliphatic hydroxyl groups is 1. The summed E-state index contributed by atoms with van der Waals surface area (Å²) in [6, 6.07) is -1.56. The number of ether oxygens (including phenoxy) is 1. The van der Waals surface area contributed by atoms with Crippen LogP contribution in [0.3, 0.4) is 0 Å². The van der Waals surface area contributed by atoms with Crippen LogP contribution in [0.5, 0.6) is 0 Å². The van der Waals surface area contributed by atoms with Crippen LogP contribution < -0.4 is 10.6 Å². The minimum absolute atomic E-state index is 0.0000217. The third-order valence-corrected chi connectivity index (χ3v) is 2.91. The van der Waals surface area contributed by atoms with E-state index in [1.54, 1.807) is 0 Å². The summed E-state index contributed by atoms with van der Waals surface area (Å²) in [5.74, 6) is -0.768. The molecule has 0 aromatic rings. The van der Waals surface area contributed by atoms with Crippen molar-refractivity contribution in [3.63, 3.8) is 0 Å². The molecule has 4 N–H and O–H groups in total. The van der Waals surface area contributed by atoms with Crippen molar-refractivity contribution in [2.45, 2.75) is 25.3 Å². The molecule has 104 valence electrons. The first-order chi connectivity index (χ1) is 8.63.